The number of nitrogens with zero attached hydrogens (tertiary/aromatic N) is 1. The van der Waals surface area contributed by atoms with Crippen molar-refractivity contribution in [3.63, 3.8) is 0 Å². The van der Waals surface area contributed by atoms with E-state index < -0.39 is 0 Å². The van der Waals surface area contributed by atoms with Gasteiger partial charge in [0.25, 0.3) is 0 Å². The van der Waals surface area contributed by atoms with Crippen LogP contribution in [-0.4, -0.2) is 4.98 Å². The minimum absolute atomic E-state index is 0.740. The number of hydrogen-bond donors (Lipinski definition) is 1. The van der Waals surface area contributed by atoms with Crippen LogP contribution in [0, 0.1) is 0 Å². The normalized spacial score (nSPS) is 11.0. The molecule has 0 aliphatic heterocycles. The lowest BCUT2D eigenvalue weighted by atomic mass is 10.2. The van der Waals surface area contributed by atoms with Gasteiger partial charge in [-0.25, -0.2) is 4.98 Å². The second-order valence-corrected chi connectivity index (χ2v) is 6.75. The molecule has 0 saturated carbocycles. The summed E-state index contributed by atoms with van der Waals surface area (Å²) in [4.78, 5) is 4.59. The van der Waals surface area contributed by atoms with Gasteiger partial charge in [-0.1, -0.05) is 35.5 Å². The third kappa shape index (κ3) is 2.86. The maximum Gasteiger partial charge on any atom is 0.151 e. The van der Waals surface area contributed by atoms with Crippen LogP contribution < -0.4 is 5.73 Å². The van der Waals surface area contributed by atoms with E-state index in [0.717, 1.165) is 31.9 Å². The molecule has 96 valence electrons. The Morgan fingerprint density at radius 3 is 2.89 bits per heavy atom. The van der Waals surface area contributed by atoms with E-state index >= 15 is 0 Å². The minimum Gasteiger partial charge on any atom is -0.399 e. The minimum atomic E-state index is 0.740. The number of halogens is 1. The van der Waals surface area contributed by atoms with Gasteiger partial charge in [0.15, 0.2) is 4.34 Å². The summed E-state index contributed by atoms with van der Waals surface area (Å²) in [5, 5.41) is 0.753. The van der Waals surface area contributed by atoms with Gasteiger partial charge in [-0.2, -0.15) is 0 Å². The Hall–Kier alpha value is -1.23. The van der Waals surface area contributed by atoms with E-state index in [2.05, 4.69) is 11.1 Å². The van der Waals surface area contributed by atoms with Crippen LogP contribution >= 0.6 is 34.7 Å². The predicted molar refractivity (Wildman–Crippen MR) is 85.0 cm³/mol. The number of anilines is 1. The second-order valence-electron chi connectivity index (χ2n) is 4.09. The summed E-state index contributed by atoms with van der Waals surface area (Å²) < 4.78 is 2.27. The standard InChI is InChI=1S/C14H11ClN2S2/c15-11-6-5-10(16)7-9(11)8-18-14-17-12-3-1-2-4-13(12)19-14/h1-7H,8,16H2. The van der Waals surface area contributed by atoms with Crippen LogP contribution in [0.15, 0.2) is 46.8 Å². The van der Waals surface area contributed by atoms with E-state index in [1.807, 2.05) is 36.4 Å². The van der Waals surface area contributed by atoms with Crippen LogP contribution in [-0.2, 0) is 5.75 Å². The highest BCUT2D eigenvalue weighted by Gasteiger charge is 2.06. The van der Waals surface area contributed by atoms with Crippen molar-refractivity contribution in [1.29, 1.82) is 0 Å². The number of nitrogens with two attached hydrogens (primary N) is 1. The number of nitrogen functional groups attached to an aromatic ring is 1. The summed E-state index contributed by atoms with van der Waals surface area (Å²) in [6.07, 6.45) is 0. The molecule has 0 spiro atoms. The van der Waals surface area contributed by atoms with E-state index in [1.54, 1.807) is 23.1 Å². The van der Waals surface area contributed by atoms with Gasteiger partial charge in [0, 0.05) is 16.5 Å². The van der Waals surface area contributed by atoms with Crippen LogP contribution in [0.25, 0.3) is 10.2 Å². The summed E-state index contributed by atoms with van der Waals surface area (Å²) in [7, 11) is 0. The number of thiazole rings is 1. The summed E-state index contributed by atoms with van der Waals surface area (Å²) in [5.41, 5.74) is 8.61. The topological polar surface area (TPSA) is 38.9 Å². The zero-order chi connectivity index (χ0) is 13.2. The first-order valence-corrected chi connectivity index (χ1v) is 7.92. The molecule has 3 aromatic rings. The molecule has 0 amide bonds. The smallest absolute Gasteiger partial charge is 0.151 e. The van der Waals surface area contributed by atoms with Crippen molar-refractivity contribution in [2.45, 2.75) is 10.1 Å². The SMILES string of the molecule is Nc1ccc(Cl)c(CSc2nc3ccccc3s2)c1. The van der Waals surface area contributed by atoms with Crippen molar-refractivity contribution in [2.75, 3.05) is 5.73 Å². The van der Waals surface area contributed by atoms with Gasteiger partial charge in [0.2, 0.25) is 0 Å². The Morgan fingerprint density at radius 2 is 2.05 bits per heavy atom. The number of fused-ring (bicyclic) bond motifs is 1. The molecule has 3 rings (SSSR count). The summed E-state index contributed by atoms with van der Waals surface area (Å²) in [6.45, 7) is 0. The summed E-state index contributed by atoms with van der Waals surface area (Å²) in [5.74, 6) is 0.781. The molecule has 1 heterocycles. The molecule has 0 atom stereocenters. The fourth-order valence-electron chi connectivity index (χ4n) is 1.76. The Labute approximate surface area is 124 Å². The zero-order valence-corrected chi connectivity index (χ0v) is 12.4. The third-order valence-corrected chi connectivity index (χ3v) is 5.29. The third-order valence-electron chi connectivity index (χ3n) is 2.70. The lowest BCUT2D eigenvalue weighted by Gasteiger charge is -2.03. The van der Waals surface area contributed by atoms with Crippen LogP contribution in [0.1, 0.15) is 5.56 Å². The van der Waals surface area contributed by atoms with E-state index in [9.17, 15) is 0 Å². The number of aromatic nitrogens is 1. The Kier molecular flexibility index (Phi) is 3.64. The molecule has 0 bridgehead atoms. The van der Waals surface area contributed by atoms with Crippen LogP contribution in [0.2, 0.25) is 5.02 Å². The number of hydrogen-bond acceptors (Lipinski definition) is 4. The molecule has 1 aromatic heterocycles. The highest BCUT2D eigenvalue weighted by molar-refractivity contribution is 8.00. The molecule has 2 nitrogen and oxygen atoms in total. The van der Waals surface area contributed by atoms with Crippen LogP contribution in [0.3, 0.4) is 0 Å². The van der Waals surface area contributed by atoms with Gasteiger partial charge in [0.05, 0.1) is 10.2 Å². The van der Waals surface area contributed by atoms with Crippen molar-refractivity contribution in [1.82, 2.24) is 4.98 Å². The lowest BCUT2D eigenvalue weighted by Crippen LogP contribution is -1.88. The van der Waals surface area contributed by atoms with Gasteiger partial charge in [-0.15, -0.1) is 11.3 Å². The zero-order valence-electron chi connectivity index (χ0n) is 9.97. The van der Waals surface area contributed by atoms with Crippen molar-refractivity contribution in [3.8, 4) is 0 Å². The first-order chi connectivity index (χ1) is 9.22. The van der Waals surface area contributed by atoms with Crippen LogP contribution in [0.4, 0.5) is 5.69 Å². The first-order valence-electron chi connectivity index (χ1n) is 5.74. The van der Waals surface area contributed by atoms with Gasteiger partial charge in [0.1, 0.15) is 0 Å². The molecule has 2 aromatic carbocycles. The van der Waals surface area contributed by atoms with E-state index in [4.69, 9.17) is 17.3 Å². The highest BCUT2D eigenvalue weighted by Crippen LogP contribution is 2.33. The van der Waals surface area contributed by atoms with Gasteiger partial charge >= 0.3 is 0 Å². The quantitative estimate of drug-likeness (QED) is 0.557. The molecule has 0 aliphatic rings. The second kappa shape index (κ2) is 5.41. The molecule has 0 unspecified atom stereocenters. The average Bonchev–Trinajstić information content (AvgIpc) is 2.82. The van der Waals surface area contributed by atoms with Crippen molar-refractivity contribution >= 4 is 50.6 Å². The molecule has 0 radical (unpaired) electrons. The maximum atomic E-state index is 6.16. The van der Waals surface area contributed by atoms with Gasteiger partial charge in [-0.05, 0) is 35.9 Å². The lowest BCUT2D eigenvalue weighted by molar-refractivity contribution is 1.29. The van der Waals surface area contributed by atoms with Crippen molar-refractivity contribution < 1.29 is 0 Å². The largest absolute Gasteiger partial charge is 0.399 e. The van der Waals surface area contributed by atoms with Gasteiger partial charge < -0.3 is 5.73 Å². The van der Waals surface area contributed by atoms with E-state index in [0.29, 0.717) is 0 Å². The van der Waals surface area contributed by atoms with Crippen molar-refractivity contribution in [3.05, 3.63) is 53.1 Å². The first kappa shape index (κ1) is 12.8. The number of thioether (sulfide) groups is 1. The Bertz CT molecular complexity index is 691. The fraction of sp³-hybridized carbons (Fsp3) is 0.0714. The number of rotatable bonds is 3. The average molecular weight is 307 g/mol. The van der Waals surface area contributed by atoms with Crippen molar-refractivity contribution in [2.24, 2.45) is 0 Å². The maximum absolute atomic E-state index is 6.16. The van der Waals surface area contributed by atoms with E-state index in [-0.39, 0.29) is 0 Å². The summed E-state index contributed by atoms with van der Waals surface area (Å²) in [6, 6.07) is 13.7. The highest BCUT2D eigenvalue weighted by atomic mass is 35.5. The Morgan fingerprint density at radius 1 is 1.21 bits per heavy atom. The summed E-state index contributed by atoms with van der Waals surface area (Å²) >= 11 is 9.55. The molecule has 0 fully saturated rings. The molecule has 0 saturated heterocycles. The van der Waals surface area contributed by atoms with E-state index in [1.165, 1.54) is 4.70 Å². The number of benzene rings is 2. The molecular formula is C14H11ClN2S2. The molecule has 19 heavy (non-hydrogen) atoms. The fourth-order valence-corrected chi connectivity index (χ4v) is 4.08. The molecular weight excluding hydrogens is 296 g/mol. The van der Waals surface area contributed by atoms with Gasteiger partial charge in [-0.3, -0.25) is 0 Å². The number of para-hydroxylation sites is 1. The Balaban J connectivity index is 1.80. The van der Waals surface area contributed by atoms with Crippen LogP contribution in [0.5, 0.6) is 0 Å². The molecule has 0 aliphatic carbocycles. The molecule has 5 heteroatoms. The predicted octanol–water partition coefficient (Wildman–Crippen LogP) is 4.82. The monoisotopic (exact) mass is 306 g/mol. The molecule has 2 N–H and O–H groups in total.